The fraction of sp³-hybridized carbons (Fsp3) is 0.310. The lowest BCUT2D eigenvalue weighted by molar-refractivity contribution is -0.135. The van der Waals surface area contributed by atoms with Gasteiger partial charge in [-0.2, -0.15) is 0 Å². The summed E-state index contributed by atoms with van der Waals surface area (Å²) >= 11 is 0. The molecule has 7 heteroatoms. The van der Waals surface area contributed by atoms with Gasteiger partial charge in [-0.05, 0) is 50.1 Å². The van der Waals surface area contributed by atoms with Crippen LogP contribution in [0.1, 0.15) is 56.0 Å². The van der Waals surface area contributed by atoms with E-state index < -0.39 is 5.92 Å². The third-order valence-corrected chi connectivity index (χ3v) is 6.48. The number of fused-ring (bicyclic) bond motifs is 1. The number of nitrogens with zero attached hydrogens (tertiary/aromatic N) is 3. The Hall–Kier alpha value is -4.00. The van der Waals surface area contributed by atoms with Crippen LogP contribution in [0.3, 0.4) is 0 Å². The van der Waals surface area contributed by atoms with E-state index in [0.717, 1.165) is 22.2 Å². The van der Waals surface area contributed by atoms with Crippen LogP contribution in [0.4, 0.5) is 0 Å². The Bertz CT molecular complexity index is 1250. The Morgan fingerprint density at radius 3 is 2.36 bits per heavy atom. The highest BCUT2D eigenvalue weighted by Crippen LogP contribution is 2.37. The largest absolute Gasteiger partial charge is 0.349 e. The van der Waals surface area contributed by atoms with Gasteiger partial charge in [0.2, 0.25) is 11.8 Å². The van der Waals surface area contributed by atoms with Crippen LogP contribution in [-0.2, 0) is 16.1 Å². The maximum atomic E-state index is 13.9. The van der Waals surface area contributed by atoms with Crippen molar-refractivity contribution in [3.63, 3.8) is 0 Å². The molecular formula is C29H33N5O2. The number of carbonyl (C=O) groups is 2. The van der Waals surface area contributed by atoms with Crippen LogP contribution in [0.5, 0.6) is 0 Å². The van der Waals surface area contributed by atoms with Crippen molar-refractivity contribution in [2.75, 3.05) is 6.54 Å². The molecule has 186 valence electrons. The molecular weight excluding hydrogens is 450 g/mol. The van der Waals surface area contributed by atoms with E-state index in [1.165, 1.54) is 0 Å². The van der Waals surface area contributed by atoms with Crippen LogP contribution in [0.15, 0.2) is 79.1 Å². The van der Waals surface area contributed by atoms with Crippen molar-refractivity contribution >= 4 is 22.8 Å². The normalized spacial score (nSPS) is 12.9. The van der Waals surface area contributed by atoms with Crippen LogP contribution in [-0.4, -0.2) is 44.3 Å². The van der Waals surface area contributed by atoms with Crippen molar-refractivity contribution in [1.29, 1.82) is 0 Å². The van der Waals surface area contributed by atoms with Crippen molar-refractivity contribution < 1.29 is 9.59 Å². The molecule has 2 aromatic carbocycles. The van der Waals surface area contributed by atoms with Crippen LogP contribution < -0.4 is 5.32 Å². The van der Waals surface area contributed by atoms with Crippen LogP contribution >= 0.6 is 0 Å². The van der Waals surface area contributed by atoms with E-state index in [1.54, 1.807) is 12.4 Å². The average molecular weight is 484 g/mol. The molecule has 0 aliphatic heterocycles. The number of para-hydroxylation sites is 2. The van der Waals surface area contributed by atoms with E-state index in [0.29, 0.717) is 12.4 Å². The highest BCUT2D eigenvalue weighted by molar-refractivity contribution is 5.87. The predicted molar refractivity (Wildman–Crippen MR) is 141 cm³/mol. The van der Waals surface area contributed by atoms with Crippen molar-refractivity contribution in [3.05, 3.63) is 96.1 Å². The second kappa shape index (κ2) is 11.6. The van der Waals surface area contributed by atoms with Gasteiger partial charge in [-0.15, -0.1) is 0 Å². The first kappa shape index (κ1) is 25.1. The van der Waals surface area contributed by atoms with Gasteiger partial charge in [0.1, 0.15) is 5.82 Å². The summed E-state index contributed by atoms with van der Waals surface area (Å²) in [6.45, 7) is 6.88. The third-order valence-electron chi connectivity index (χ3n) is 6.48. The molecule has 4 rings (SSSR count). The zero-order chi connectivity index (χ0) is 25.5. The maximum Gasteiger partial charge on any atom is 0.231 e. The highest BCUT2D eigenvalue weighted by Gasteiger charge is 2.36. The topological polar surface area (TPSA) is 91.0 Å². The summed E-state index contributed by atoms with van der Waals surface area (Å²) < 4.78 is 0. The molecule has 2 aromatic heterocycles. The minimum Gasteiger partial charge on any atom is -0.349 e. The molecule has 2 atom stereocenters. The minimum atomic E-state index is -0.541. The van der Waals surface area contributed by atoms with Gasteiger partial charge in [0, 0.05) is 37.3 Å². The summed E-state index contributed by atoms with van der Waals surface area (Å²) in [6.07, 6.45) is 3.59. The van der Waals surface area contributed by atoms with E-state index in [9.17, 15) is 9.59 Å². The summed E-state index contributed by atoms with van der Waals surface area (Å²) in [6, 6.07) is 21.4. The van der Waals surface area contributed by atoms with Gasteiger partial charge in [-0.3, -0.25) is 14.6 Å². The zero-order valence-electron chi connectivity index (χ0n) is 21.0. The SMILES string of the molecule is CCN(C(=O)C(c1cccnc1)C(CC(=O)NCc1nc2ccccc2[nH]1)c1ccccc1)C(C)C. The molecule has 0 aliphatic rings. The number of likely N-dealkylation sites (N-methyl/N-ethyl adjacent to an activating group) is 1. The van der Waals surface area contributed by atoms with Gasteiger partial charge < -0.3 is 15.2 Å². The Morgan fingerprint density at radius 1 is 0.972 bits per heavy atom. The summed E-state index contributed by atoms with van der Waals surface area (Å²) in [5.41, 5.74) is 3.54. The van der Waals surface area contributed by atoms with Gasteiger partial charge in [0.05, 0.1) is 23.5 Å². The molecule has 0 spiro atoms. The summed E-state index contributed by atoms with van der Waals surface area (Å²) in [7, 11) is 0. The highest BCUT2D eigenvalue weighted by atomic mass is 16.2. The number of rotatable bonds is 10. The van der Waals surface area contributed by atoms with Crippen LogP contribution in [0.25, 0.3) is 11.0 Å². The maximum absolute atomic E-state index is 13.9. The first-order valence-corrected chi connectivity index (χ1v) is 12.4. The van der Waals surface area contributed by atoms with E-state index >= 15 is 0 Å². The fourth-order valence-corrected chi connectivity index (χ4v) is 4.73. The molecule has 0 saturated heterocycles. The van der Waals surface area contributed by atoms with E-state index in [1.807, 2.05) is 92.4 Å². The Kier molecular flexibility index (Phi) is 8.10. The molecule has 2 amide bonds. The lowest BCUT2D eigenvalue weighted by Gasteiger charge is -2.34. The molecule has 0 bridgehead atoms. The lowest BCUT2D eigenvalue weighted by atomic mass is 9.78. The number of aromatic amines is 1. The standard InChI is InChI=1S/C29H33N5O2/c1-4-34(20(2)3)29(36)28(22-13-10-16-30-18-22)23(21-11-6-5-7-12-21)17-27(35)31-19-26-32-24-14-8-9-15-25(24)33-26/h5-16,18,20,23,28H,4,17,19H2,1-3H3,(H,31,35)(H,32,33). The predicted octanol–water partition coefficient (Wildman–Crippen LogP) is 4.79. The van der Waals surface area contributed by atoms with Gasteiger partial charge in [0.15, 0.2) is 0 Å². The second-order valence-corrected chi connectivity index (χ2v) is 9.18. The fourth-order valence-electron chi connectivity index (χ4n) is 4.73. The first-order valence-electron chi connectivity index (χ1n) is 12.4. The van der Waals surface area contributed by atoms with Gasteiger partial charge in [-0.1, -0.05) is 48.5 Å². The molecule has 0 radical (unpaired) electrons. The number of carbonyl (C=O) groups excluding carboxylic acids is 2. The number of aromatic nitrogens is 3. The number of amides is 2. The number of hydrogen-bond donors (Lipinski definition) is 2. The van der Waals surface area contributed by atoms with Crippen molar-refractivity contribution in [2.24, 2.45) is 0 Å². The number of H-pyrrole nitrogens is 1. The van der Waals surface area contributed by atoms with E-state index in [-0.39, 0.29) is 36.7 Å². The summed E-state index contributed by atoms with van der Waals surface area (Å²) in [4.78, 5) is 41.1. The molecule has 7 nitrogen and oxygen atoms in total. The summed E-state index contributed by atoms with van der Waals surface area (Å²) in [5, 5.41) is 3.00. The number of benzene rings is 2. The number of pyridine rings is 1. The molecule has 0 saturated carbocycles. The van der Waals surface area contributed by atoms with Gasteiger partial charge in [-0.25, -0.2) is 4.98 Å². The van der Waals surface area contributed by atoms with Crippen LogP contribution in [0, 0.1) is 0 Å². The molecule has 2 unspecified atom stereocenters. The molecule has 0 fully saturated rings. The summed E-state index contributed by atoms with van der Waals surface area (Å²) in [5.74, 6) is -0.345. The smallest absolute Gasteiger partial charge is 0.231 e. The van der Waals surface area contributed by atoms with Crippen molar-refractivity contribution in [1.82, 2.24) is 25.2 Å². The molecule has 0 aliphatic carbocycles. The van der Waals surface area contributed by atoms with E-state index in [2.05, 4.69) is 20.3 Å². The van der Waals surface area contributed by atoms with Crippen LogP contribution in [0.2, 0.25) is 0 Å². The quantitative estimate of drug-likeness (QED) is 0.339. The first-order chi connectivity index (χ1) is 17.5. The number of imidazole rings is 1. The van der Waals surface area contributed by atoms with E-state index in [4.69, 9.17) is 0 Å². The Balaban J connectivity index is 1.62. The lowest BCUT2D eigenvalue weighted by Crippen LogP contribution is -2.42. The van der Waals surface area contributed by atoms with Gasteiger partial charge in [0.25, 0.3) is 0 Å². The average Bonchev–Trinajstić information content (AvgIpc) is 3.32. The van der Waals surface area contributed by atoms with Crippen molar-refractivity contribution in [2.45, 2.75) is 51.6 Å². The molecule has 2 heterocycles. The van der Waals surface area contributed by atoms with Gasteiger partial charge >= 0.3 is 0 Å². The Morgan fingerprint density at radius 2 is 1.69 bits per heavy atom. The Labute approximate surface area is 212 Å². The monoisotopic (exact) mass is 483 g/mol. The third kappa shape index (κ3) is 5.79. The van der Waals surface area contributed by atoms with Crippen molar-refractivity contribution in [3.8, 4) is 0 Å². The zero-order valence-corrected chi connectivity index (χ0v) is 21.0. The molecule has 2 N–H and O–H groups in total. The minimum absolute atomic E-state index is 0.000521. The second-order valence-electron chi connectivity index (χ2n) is 9.18. The molecule has 36 heavy (non-hydrogen) atoms. The number of hydrogen-bond acceptors (Lipinski definition) is 4. The number of nitrogens with one attached hydrogen (secondary N) is 2. The molecule has 4 aromatic rings.